The molecule has 3 heteroatoms. The molecule has 0 saturated heterocycles. The van der Waals surface area contributed by atoms with Crippen LogP contribution in [-0.2, 0) is 0 Å². The molecule has 0 unspecified atom stereocenters. The first kappa shape index (κ1) is 14.4. The molecule has 1 aliphatic carbocycles. The van der Waals surface area contributed by atoms with E-state index in [0.717, 1.165) is 56.3 Å². The van der Waals surface area contributed by atoms with Crippen LogP contribution < -0.4 is 4.74 Å². The summed E-state index contributed by atoms with van der Waals surface area (Å²) < 4.78 is 6.17. The largest absolute Gasteiger partial charge is 0.456 e. The third kappa shape index (κ3) is 1.97. The summed E-state index contributed by atoms with van der Waals surface area (Å²) in [6.07, 6.45) is 3.70. The van der Waals surface area contributed by atoms with Gasteiger partial charge >= 0.3 is 0 Å². The van der Waals surface area contributed by atoms with Crippen LogP contribution in [0, 0.1) is 0 Å². The number of hydrogen-bond acceptors (Lipinski definition) is 3. The number of para-hydroxylation sites is 2. The van der Waals surface area contributed by atoms with Crippen LogP contribution in [0.2, 0.25) is 0 Å². The van der Waals surface area contributed by atoms with Crippen molar-refractivity contribution in [3.05, 3.63) is 108 Å². The van der Waals surface area contributed by atoms with Crippen molar-refractivity contribution in [2.24, 2.45) is 0 Å². The fraction of sp³-hybridized carbons (Fsp3) is 0. The SMILES string of the molecule is c1ccc2c(c1)Oc1ccccc1C2=C1c2ncccc2-c2cccnc21. The topological polar surface area (TPSA) is 35.0 Å². The average Bonchev–Trinajstić information content (AvgIpc) is 3.06. The van der Waals surface area contributed by atoms with E-state index in [-0.39, 0.29) is 0 Å². The predicted molar refractivity (Wildman–Crippen MR) is 105 cm³/mol. The molecule has 0 saturated carbocycles. The zero-order valence-electron chi connectivity index (χ0n) is 14.4. The lowest BCUT2D eigenvalue weighted by molar-refractivity contribution is 0.474. The Morgan fingerprint density at radius 1 is 0.481 bits per heavy atom. The lowest BCUT2D eigenvalue weighted by Gasteiger charge is -2.24. The summed E-state index contributed by atoms with van der Waals surface area (Å²) in [5.74, 6) is 1.72. The Labute approximate surface area is 156 Å². The van der Waals surface area contributed by atoms with Crippen molar-refractivity contribution in [1.82, 2.24) is 9.97 Å². The highest BCUT2D eigenvalue weighted by atomic mass is 16.5. The smallest absolute Gasteiger partial charge is 0.135 e. The van der Waals surface area contributed by atoms with Crippen LogP contribution in [0.1, 0.15) is 22.5 Å². The Hall–Kier alpha value is -3.72. The lowest BCUT2D eigenvalue weighted by atomic mass is 9.88. The highest BCUT2D eigenvalue weighted by Crippen LogP contribution is 2.52. The van der Waals surface area contributed by atoms with E-state index >= 15 is 0 Å². The molecule has 2 aliphatic rings. The molecule has 0 bridgehead atoms. The van der Waals surface area contributed by atoms with Crippen LogP contribution in [0.5, 0.6) is 11.5 Å². The van der Waals surface area contributed by atoms with Gasteiger partial charge in [0.2, 0.25) is 0 Å². The van der Waals surface area contributed by atoms with Crippen LogP contribution in [0.4, 0.5) is 0 Å². The fourth-order valence-corrected chi connectivity index (χ4v) is 4.05. The Kier molecular flexibility index (Phi) is 2.88. The lowest BCUT2D eigenvalue weighted by Crippen LogP contribution is -2.05. The molecular formula is C24H14N2O. The van der Waals surface area contributed by atoms with Gasteiger partial charge < -0.3 is 4.74 Å². The number of hydrogen-bond donors (Lipinski definition) is 0. The van der Waals surface area contributed by atoms with Gasteiger partial charge in [0.25, 0.3) is 0 Å². The first-order valence-electron chi connectivity index (χ1n) is 8.94. The van der Waals surface area contributed by atoms with Gasteiger partial charge in [0.1, 0.15) is 11.5 Å². The van der Waals surface area contributed by atoms with Crippen LogP contribution in [0.25, 0.3) is 22.3 Å². The molecule has 3 heterocycles. The second-order valence-electron chi connectivity index (χ2n) is 6.64. The first-order chi connectivity index (χ1) is 13.4. The van der Waals surface area contributed by atoms with Crippen molar-refractivity contribution in [2.45, 2.75) is 0 Å². The van der Waals surface area contributed by atoms with E-state index in [2.05, 4.69) is 24.3 Å². The minimum absolute atomic E-state index is 0.862. The minimum atomic E-state index is 0.862. The molecule has 0 N–H and O–H groups in total. The Bertz CT molecular complexity index is 1160. The monoisotopic (exact) mass is 346 g/mol. The Morgan fingerprint density at radius 3 is 1.52 bits per heavy atom. The van der Waals surface area contributed by atoms with Gasteiger partial charge in [0.05, 0.1) is 11.4 Å². The molecule has 4 aromatic rings. The summed E-state index contributed by atoms with van der Waals surface area (Å²) in [5, 5.41) is 0. The van der Waals surface area contributed by atoms with E-state index in [4.69, 9.17) is 14.7 Å². The van der Waals surface area contributed by atoms with Crippen LogP contribution in [-0.4, -0.2) is 9.97 Å². The predicted octanol–water partition coefficient (Wildman–Crippen LogP) is 5.57. The first-order valence-corrected chi connectivity index (χ1v) is 8.94. The van der Waals surface area contributed by atoms with E-state index in [9.17, 15) is 0 Å². The zero-order chi connectivity index (χ0) is 17.8. The maximum Gasteiger partial charge on any atom is 0.135 e. The van der Waals surface area contributed by atoms with E-state index in [1.165, 1.54) is 0 Å². The van der Waals surface area contributed by atoms with Crippen molar-refractivity contribution >= 4 is 11.1 Å². The highest BCUT2D eigenvalue weighted by molar-refractivity contribution is 6.13. The number of pyridine rings is 2. The van der Waals surface area contributed by atoms with Gasteiger partial charge in [-0.2, -0.15) is 0 Å². The molecule has 0 amide bonds. The van der Waals surface area contributed by atoms with Gasteiger partial charge in [-0.3, -0.25) is 9.97 Å². The van der Waals surface area contributed by atoms with Gasteiger partial charge in [0.15, 0.2) is 0 Å². The fourth-order valence-electron chi connectivity index (χ4n) is 4.05. The van der Waals surface area contributed by atoms with Crippen molar-refractivity contribution in [3.8, 4) is 22.6 Å². The number of nitrogens with zero attached hydrogens (tertiary/aromatic N) is 2. The maximum atomic E-state index is 6.17. The normalized spacial score (nSPS) is 13.3. The second-order valence-corrected chi connectivity index (χ2v) is 6.64. The van der Waals surface area contributed by atoms with E-state index < -0.39 is 0 Å². The standard InChI is InChI=1S/C24H14N2O/c1-3-11-19-17(7-1)21(18-8-2-4-12-20(18)27-19)22-23-15(9-5-13-25-23)16-10-6-14-26-24(16)22/h1-14H. The van der Waals surface area contributed by atoms with Gasteiger partial charge in [-0.25, -0.2) is 0 Å². The summed E-state index contributed by atoms with van der Waals surface area (Å²) in [6.45, 7) is 0. The van der Waals surface area contributed by atoms with Gasteiger partial charge in [-0.05, 0) is 24.3 Å². The maximum absolute atomic E-state index is 6.17. The molecule has 2 aromatic heterocycles. The Balaban J connectivity index is 1.81. The Morgan fingerprint density at radius 2 is 0.963 bits per heavy atom. The number of aromatic nitrogens is 2. The molecule has 126 valence electrons. The van der Waals surface area contributed by atoms with Crippen molar-refractivity contribution in [2.75, 3.05) is 0 Å². The molecule has 0 radical (unpaired) electrons. The number of benzene rings is 2. The molecule has 2 aromatic carbocycles. The average molecular weight is 346 g/mol. The number of ether oxygens (including phenoxy) is 1. The molecule has 0 spiro atoms. The quantitative estimate of drug-likeness (QED) is 0.361. The molecule has 6 rings (SSSR count). The second kappa shape index (κ2) is 5.39. The van der Waals surface area contributed by atoms with Crippen molar-refractivity contribution in [1.29, 1.82) is 0 Å². The molecule has 1 aliphatic heterocycles. The highest BCUT2D eigenvalue weighted by Gasteiger charge is 2.32. The molecule has 3 nitrogen and oxygen atoms in total. The molecule has 27 heavy (non-hydrogen) atoms. The van der Waals surface area contributed by atoms with E-state index in [1.54, 1.807) is 0 Å². The van der Waals surface area contributed by atoms with Crippen LogP contribution in [0.15, 0.2) is 85.2 Å². The molecule has 0 fully saturated rings. The van der Waals surface area contributed by atoms with E-state index in [1.807, 2.05) is 60.9 Å². The van der Waals surface area contributed by atoms with Gasteiger partial charge in [0, 0.05) is 45.8 Å². The number of rotatable bonds is 0. The summed E-state index contributed by atoms with van der Waals surface area (Å²) in [4.78, 5) is 9.48. The number of fused-ring (bicyclic) bond motifs is 5. The van der Waals surface area contributed by atoms with Crippen molar-refractivity contribution in [3.63, 3.8) is 0 Å². The third-order valence-corrected chi connectivity index (χ3v) is 5.16. The summed E-state index contributed by atoms with van der Waals surface area (Å²) in [7, 11) is 0. The van der Waals surface area contributed by atoms with Crippen molar-refractivity contribution < 1.29 is 4.74 Å². The van der Waals surface area contributed by atoms with E-state index in [0.29, 0.717) is 0 Å². The van der Waals surface area contributed by atoms with Crippen LogP contribution in [0.3, 0.4) is 0 Å². The van der Waals surface area contributed by atoms with Gasteiger partial charge in [-0.1, -0.05) is 48.5 Å². The minimum Gasteiger partial charge on any atom is -0.456 e. The van der Waals surface area contributed by atoms with Crippen LogP contribution >= 0.6 is 0 Å². The summed E-state index contributed by atoms with van der Waals surface area (Å²) in [6, 6.07) is 24.5. The zero-order valence-corrected chi connectivity index (χ0v) is 14.4. The molecule has 0 atom stereocenters. The third-order valence-electron chi connectivity index (χ3n) is 5.16. The van der Waals surface area contributed by atoms with Gasteiger partial charge in [-0.15, -0.1) is 0 Å². The summed E-state index contributed by atoms with van der Waals surface area (Å²) >= 11 is 0. The summed E-state index contributed by atoms with van der Waals surface area (Å²) in [5.41, 5.74) is 8.56. The molecular weight excluding hydrogens is 332 g/mol.